The molecule has 0 amide bonds. The van der Waals surface area contributed by atoms with Crippen LogP contribution in [0.1, 0.15) is 29.3 Å². The van der Waals surface area contributed by atoms with E-state index in [-0.39, 0.29) is 5.38 Å². The Kier molecular flexibility index (Phi) is 3.68. The number of fused-ring (bicyclic) bond motifs is 1. The second-order valence-corrected chi connectivity index (χ2v) is 6.36. The third-order valence-electron chi connectivity index (χ3n) is 3.68. The average Bonchev–Trinajstić information content (AvgIpc) is 2.83. The number of halogens is 2. The fourth-order valence-electron chi connectivity index (χ4n) is 2.52. The number of aromatic nitrogens is 2. The molecule has 2 aromatic carbocycles. The van der Waals surface area contributed by atoms with E-state index in [4.69, 9.17) is 28.2 Å². The summed E-state index contributed by atoms with van der Waals surface area (Å²) < 4.78 is 2.09. The van der Waals surface area contributed by atoms with E-state index >= 15 is 0 Å². The molecule has 3 rings (SSSR count). The van der Waals surface area contributed by atoms with Gasteiger partial charge in [0.2, 0.25) is 0 Å². The Balaban J connectivity index is 2.36. The van der Waals surface area contributed by atoms with Gasteiger partial charge in [-0.15, -0.1) is 11.6 Å². The van der Waals surface area contributed by atoms with Gasteiger partial charge in [-0.1, -0.05) is 29.8 Å². The van der Waals surface area contributed by atoms with Crippen molar-refractivity contribution in [1.82, 2.24) is 9.55 Å². The molecule has 4 heteroatoms. The Labute approximate surface area is 134 Å². The molecule has 0 aliphatic rings. The summed E-state index contributed by atoms with van der Waals surface area (Å²) in [6, 6.07) is 12.2. The van der Waals surface area contributed by atoms with Gasteiger partial charge in [0.15, 0.2) is 0 Å². The average molecular weight is 319 g/mol. The van der Waals surface area contributed by atoms with Crippen LogP contribution < -0.4 is 0 Å². The SMILES string of the molecule is Cc1ccc(-n2c(C(C)Cl)nc3c(C)cccc32)cc1Cl. The molecule has 0 saturated heterocycles. The highest BCUT2D eigenvalue weighted by Gasteiger charge is 2.17. The largest absolute Gasteiger partial charge is 0.295 e. The summed E-state index contributed by atoms with van der Waals surface area (Å²) in [5.41, 5.74) is 5.22. The molecular formula is C17H16Cl2N2. The Morgan fingerprint density at radius 1 is 1.10 bits per heavy atom. The lowest BCUT2D eigenvalue weighted by atomic mass is 10.2. The third kappa shape index (κ3) is 2.43. The number of aryl methyl sites for hydroxylation is 2. The first-order valence-electron chi connectivity index (χ1n) is 6.87. The highest BCUT2D eigenvalue weighted by molar-refractivity contribution is 6.31. The van der Waals surface area contributed by atoms with Crippen molar-refractivity contribution in [1.29, 1.82) is 0 Å². The minimum atomic E-state index is -0.183. The van der Waals surface area contributed by atoms with Crippen molar-refractivity contribution < 1.29 is 0 Å². The molecule has 0 aliphatic heterocycles. The summed E-state index contributed by atoms with van der Waals surface area (Å²) in [6.07, 6.45) is 0. The summed E-state index contributed by atoms with van der Waals surface area (Å²) in [4.78, 5) is 4.73. The van der Waals surface area contributed by atoms with Crippen LogP contribution in [0.2, 0.25) is 5.02 Å². The van der Waals surface area contributed by atoms with Crippen LogP contribution in [-0.2, 0) is 0 Å². The van der Waals surface area contributed by atoms with E-state index in [1.54, 1.807) is 0 Å². The second kappa shape index (κ2) is 5.36. The highest BCUT2D eigenvalue weighted by Crippen LogP contribution is 2.31. The van der Waals surface area contributed by atoms with Crippen molar-refractivity contribution in [3.63, 3.8) is 0 Å². The van der Waals surface area contributed by atoms with Crippen LogP contribution in [-0.4, -0.2) is 9.55 Å². The Morgan fingerprint density at radius 2 is 1.86 bits per heavy atom. The third-order valence-corrected chi connectivity index (χ3v) is 4.28. The number of benzene rings is 2. The lowest BCUT2D eigenvalue weighted by Gasteiger charge is -2.12. The van der Waals surface area contributed by atoms with E-state index in [0.29, 0.717) is 0 Å². The first kappa shape index (κ1) is 14.4. The molecule has 0 spiro atoms. The summed E-state index contributed by atoms with van der Waals surface area (Å²) >= 11 is 12.6. The van der Waals surface area contributed by atoms with Gasteiger partial charge < -0.3 is 0 Å². The Morgan fingerprint density at radius 3 is 2.52 bits per heavy atom. The monoisotopic (exact) mass is 318 g/mol. The molecule has 2 nitrogen and oxygen atoms in total. The molecule has 0 N–H and O–H groups in total. The van der Waals surface area contributed by atoms with Crippen molar-refractivity contribution in [2.45, 2.75) is 26.1 Å². The minimum Gasteiger partial charge on any atom is -0.295 e. The van der Waals surface area contributed by atoms with Crippen LogP contribution in [0.15, 0.2) is 36.4 Å². The number of alkyl halides is 1. The van der Waals surface area contributed by atoms with E-state index in [2.05, 4.69) is 23.6 Å². The zero-order valence-corrected chi connectivity index (χ0v) is 13.7. The quantitative estimate of drug-likeness (QED) is 0.563. The number of rotatable bonds is 2. The van der Waals surface area contributed by atoms with Gasteiger partial charge in [0.05, 0.1) is 16.4 Å². The molecule has 21 heavy (non-hydrogen) atoms. The fraction of sp³-hybridized carbons (Fsp3) is 0.235. The number of para-hydroxylation sites is 1. The highest BCUT2D eigenvalue weighted by atomic mass is 35.5. The van der Waals surface area contributed by atoms with Gasteiger partial charge in [0, 0.05) is 10.7 Å². The van der Waals surface area contributed by atoms with Gasteiger partial charge in [-0.3, -0.25) is 4.57 Å². The summed E-state index contributed by atoms with van der Waals surface area (Å²) in [5.74, 6) is 0.834. The molecule has 1 aromatic heterocycles. The second-order valence-electron chi connectivity index (χ2n) is 5.30. The number of nitrogens with zero attached hydrogens (tertiary/aromatic N) is 2. The van der Waals surface area contributed by atoms with Gasteiger partial charge in [0.25, 0.3) is 0 Å². The zero-order valence-electron chi connectivity index (χ0n) is 12.2. The molecule has 0 fully saturated rings. The van der Waals surface area contributed by atoms with Crippen LogP contribution in [0.4, 0.5) is 0 Å². The lowest BCUT2D eigenvalue weighted by Crippen LogP contribution is -2.02. The summed E-state index contributed by atoms with van der Waals surface area (Å²) in [7, 11) is 0. The predicted octanol–water partition coefficient (Wildman–Crippen LogP) is 5.60. The first-order valence-corrected chi connectivity index (χ1v) is 7.69. The van der Waals surface area contributed by atoms with E-state index in [9.17, 15) is 0 Å². The van der Waals surface area contributed by atoms with Gasteiger partial charge >= 0.3 is 0 Å². The number of hydrogen-bond acceptors (Lipinski definition) is 1. The van der Waals surface area contributed by atoms with Gasteiger partial charge in [0.1, 0.15) is 5.82 Å². The van der Waals surface area contributed by atoms with Crippen molar-refractivity contribution in [2.24, 2.45) is 0 Å². The van der Waals surface area contributed by atoms with Crippen molar-refractivity contribution in [3.8, 4) is 5.69 Å². The van der Waals surface area contributed by atoms with Gasteiger partial charge in [-0.25, -0.2) is 4.98 Å². The van der Waals surface area contributed by atoms with Crippen molar-refractivity contribution in [2.75, 3.05) is 0 Å². The maximum Gasteiger partial charge on any atom is 0.132 e. The number of imidazole rings is 1. The van der Waals surface area contributed by atoms with Crippen molar-refractivity contribution >= 4 is 34.2 Å². The predicted molar refractivity (Wildman–Crippen MR) is 89.8 cm³/mol. The molecule has 0 bridgehead atoms. The normalized spacial score (nSPS) is 12.8. The maximum absolute atomic E-state index is 6.34. The molecule has 0 saturated carbocycles. The Hall–Kier alpha value is -1.51. The summed E-state index contributed by atoms with van der Waals surface area (Å²) in [5, 5.41) is 0.562. The molecule has 1 unspecified atom stereocenters. The maximum atomic E-state index is 6.34. The van der Waals surface area contributed by atoms with Gasteiger partial charge in [-0.2, -0.15) is 0 Å². The Bertz CT molecular complexity index is 819. The molecule has 3 aromatic rings. The van der Waals surface area contributed by atoms with E-state index in [0.717, 1.165) is 38.7 Å². The lowest BCUT2D eigenvalue weighted by molar-refractivity contribution is 0.882. The van der Waals surface area contributed by atoms with Crippen molar-refractivity contribution in [3.05, 3.63) is 58.4 Å². The van der Waals surface area contributed by atoms with Crippen LogP contribution >= 0.6 is 23.2 Å². The molecule has 0 radical (unpaired) electrons. The zero-order chi connectivity index (χ0) is 15.1. The fourth-order valence-corrected chi connectivity index (χ4v) is 2.84. The summed E-state index contributed by atoms with van der Waals surface area (Å²) in [6.45, 7) is 5.99. The molecule has 0 aliphatic carbocycles. The van der Waals surface area contributed by atoms with Crippen LogP contribution in [0.3, 0.4) is 0 Å². The molecule has 1 heterocycles. The van der Waals surface area contributed by atoms with Crippen LogP contribution in [0, 0.1) is 13.8 Å². The van der Waals surface area contributed by atoms with E-state index in [1.807, 2.05) is 38.1 Å². The molecule has 1 atom stereocenters. The van der Waals surface area contributed by atoms with Crippen LogP contribution in [0.25, 0.3) is 16.7 Å². The van der Waals surface area contributed by atoms with E-state index < -0.39 is 0 Å². The number of hydrogen-bond donors (Lipinski definition) is 0. The van der Waals surface area contributed by atoms with Crippen LogP contribution in [0.5, 0.6) is 0 Å². The molecular weight excluding hydrogens is 303 g/mol. The standard InChI is InChI=1S/C17H16Cl2N2/c1-10-7-8-13(9-14(10)19)21-15-6-4-5-11(2)16(15)20-17(21)12(3)18/h4-9,12H,1-3H3. The smallest absolute Gasteiger partial charge is 0.132 e. The van der Waals surface area contributed by atoms with Gasteiger partial charge in [-0.05, 0) is 50.1 Å². The molecule has 108 valence electrons. The van der Waals surface area contributed by atoms with E-state index in [1.165, 1.54) is 0 Å². The first-order chi connectivity index (χ1) is 9.99. The minimum absolute atomic E-state index is 0.183. The topological polar surface area (TPSA) is 17.8 Å².